The normalized spacial score (nSPS) is 11.6. The number of rotatable bonds is 7. The van der Waals surface area contributed by atoms with Crippen LogP contribution in [0.5, 0.6) is 0 Å². The first-order chi connectivity index (χ1) is 11.8. The summed E-state index contributed by atoms with van der Waals surface area (Å²) in [6, 6.07) is 14.5. The predicted octanol–water partition coefficient (Wildman–Crippen LogP) is 2.64. The van der Waals surface area contributed by atoms with E-state index in [2.05, 4.69) is 45.1 Å². The summed E-state index contributed by atoms with van der Waals surface area (Å²) in [4.78, 5) is 5.71. The molecule has 6 heteroatoms. The molecule has 2 aromatic heterocycles. The number of hydrogen-bond donors (Lipinski definition) is 2. The number of aliphatic imine (C=N–C) groups is 1. The Morgan fingerprint density at radius 2 is 2.04 bits per heavy atom. The second kappa shape index (κ2) is 8.31. The Labute approximate surface area is 145 Å². The van der Waals surface area contributed by atoms with Gasteiger partial charge in [0.2, 0.25) is 0 Å². The summed E-state index contributed by atoms with van der Waals surface area (Å²) in [5.74, 6) is 0.474. The number of nitrogens with zero attached hydrogens (tertiary/aromatic N) is 3. The van der Waals surface area contributed by atoms with E-state index in [1.807, 2.05) is 35.3 Å². The third-order valence-electron chi connectivity index (χ3n) is 3.56. The Kier molecular flexibility index (Phi) is 5.63. The van der Waals surface area contributed by atoms with Crippen LogP contribution >= 0.6 is 11.3 Å². The molecule has 0 aliphatic carbocycles. The van der Waals surface area contributed by atoms with Gasteiger partial charge >= 0.3 is 0 Å². The lowest BCUT2D eigenvalue weighted by Crippen LogP contribution is -2.33. The highest BCUT2D eigenvalue weighted by molar-refractivity contribution is 7.09. The summed E-state index contributed by atoms with van der Waals surface area (Å²) in [5, 5.41) is 9.60. The first-order valence-corrected chi connectivity index (χ1v) is 8.79. The number of thiophene rings is 1. The lowest BCUT2D eigenvalue weighted by Gasteiger charge is -2.04. The van der Waals surface area contributed by atoms with Gasteiger partial charge in [-0.15, -0.1) is 11.3 Å². The van der Waals surface area contributed by atoms with Gasteiger partial charge in [-0.25, -0.2) is 4.99 Å². The van der Waals surface area contributed by atoms with Crippen molar-refractivity contribution < 1.29 is 0 Å². The summed E-state index contributed by atoms with van der Waals surface area (Å²) < 4.78 is 1.92. The quantitative estimate of drug-likeness (QED) is 0.514. The van der Waals surface area contributed by atoms with E-state index in [-0.39, 0.29) is 0 Å². The fourth-order valence-corrected chi connectivity index (χ4v) is 3.05. The van der Waals surface area contributed by atoms with E-state index in [1.54, 1.807) is 11.3 Å². The van der Waals surface area contributed by atoms with Crippen LogP contribution in [-0.4, -0.2) is 22.3 Å². The molecule has 0 saturated carbocycles. The molecule has 3 N–H and O–H groups in total. The van der Waals surface area contributed by atoms with Crippen molar-refractivity contribution in [2.24, 2.45) is 10.7 Å². The van der Waals surface area contributed by atoms with E-state index in [0.29, 0.717) is 12.5 Å². The van der Waals surface area contributed by atoms with Crippen LogP contribution < -0.4 is 11.1 Å². The highest BCUT2D eigenvalue weighted by atomic mass is 32.1. The number of benzene rings is 1. The molecule has 24 heavy (non-hydrogen) atoms. The topological polar surface area (TPSA) is 68.2 Å². The van der Waals surface area contributed by atoms with Crippen molar-refractivity contribution in [1.82, 2.24) is 15.1 Å². The van der Waals surface area contributed by atoms with Crippen LogP contribution in [0.15, 0.2) is 65.2 Å². The SMILES string of the molecule is NC(=NCc1cnn(Cc2ccccc2)c1)NCCc1cccs1. The van der Waals surface area contributed by atoms with Crippen molar-refractivity contribution >= 4 is 17.3 Å². The third kappa shape index (κ3) is 4.96. The molecule has 0 aliphatic heterocycles. The van der Waals surface area contributed by atoms with Crippen LogP contribution in [0.1, 0.15) is 16.0 Å². The van der Waals surface area contributed by atoms with Crippen molar-refractivity contribution in [2.75, 3.05) is 6.54 Å². The molecule has 0 atom stereocenters. The second-order valence-corrected chi connectivity index (χ2v) is 6.52. The van der Waals surface area contributed by atoms with Crippen LogP contribution in [0.25, 0.3) is 0 Å². The number of nitrogens with one attached hydrogen (secondary N) is 1. The molecule has 2 heterocycles. The number of nitrogens with two attached hydrogens (primary N) is 1. The molecule has 3 rings (SSSR count). The summed E-state index contributed by atoms with van der Waals surface area (Å²) >= 11 is 1.76. The standard InChI is InChI=1S/C18H21N5S/c19-18(20-9-8-17-7-4-10-24-17)21-11-16-12-22-23(14-16)13-15-5-2-1-3-6-15/h1-7,10,12,14H,8-9,11,13H2,(H3,19,20,21). The molecule has 0 amide bonds. The largest absolute Gasteiger partial charge is 0.370 e. The minimum atomic E-state index is 0.474. The zero-order valence-electron chi connectivity index (χ0n) is 13.4. The summed E-state index contributed by atoms with van der Waals surface area (Å²) in [7, 11) is 0. The second-order valence-electron chi connectivity index (χ2n) is 5.49. The lowest BCUT2D eigenvalue weighted by molar-refractivity contribution is 0.686. The molecule has 0 unspecified atom stereocenters. The maximum Gasteiger partial charge on any atom is 0.188 e. The van der Waals surface area contributed by atoms with Gasteiger partial charge in [0.1, 0.15) is 0 Å². The van der Waals surface area contributed by atoms with Crippen LogP contribution in [0.3, 0.4) is 0 Å². The molecule has 0 radical (unpaired) electrons. The fourth-order valence-electron chi connectivity index (χ4n) is 2.35. The molecule has 0 spiro atoms. The smallest absolute Gasteiger partial charge is 0.188 e. The molecular formula is C18H21N5S. The van der Waals surface area contributed by atoms with E-state index in [4.69, 9.17) is 5.73 Å². The molecule has 5 nitrogen and oxygen atoms in total. The van der Waals surface area contributed by atoms with Crippen molar-refractivity contribution in [1.29, 1.82) is 0 Å². The average molecular weight is 339 g/mol. The van der Waals surface area contributed by atoms with Crippen LogP contribution in [0, 0.1) is 0 Å². The molecule has 0 bridgehead atoms. The maximum absolute atomic E-state index is 5.91. The van der Waals surface area contributed by atoms with E-state index in [0.717, 1.165) is 25.1 Å². The minimum absolute atomic E-state index is 0.474. The van der Waals surface area contributed by atoms with Gasteiger partial charge < -0.3 is 11.1 Å². The first-order valence-electron chi connectivity index (χ1n) is 7.91. The van der Waals surface area contributed by atoms with Crippen LogP contribution in [-0.2, 0) is 19.5 Å². The van der Waals surface area contributed by atoms with Crippen molar-refractivity contribution in [2.45, 2.75) is 19.5 Å². The Morgan fingerprint density at radius 1 is 1.17 bits per heavy atom. The van der Waals surface area contributed by atoms with Gasteiger partial charge in [0, 0.05) is 23.2 Å². The number of aromatic nitrogens is 2. The fraction of sp³-hybridized carbons (Fsp3) is 0.222. The zero-order chi connectivity index (χ0) is 16.6. The molecule has 0 saturated heterocycles. The summed E-state index contributed by atoms with van der Waals surface area (Å²) in [5.41, 5.74) is 8.18. The Morgan fingerprint density at radius 3 is 2.83 bits per heavy atom. The predicted molar refractivity (Wildman–Crippen MR) is 99.1 cm³/mol. The van der Waals surface area contributed by atoms with Gasteiger partial charge in [-0.1, -0.05) is 36.4 Å². The average Bonchev–Trinajstić information content (AvgIpc) is 3.26. The van der Waals surface area contributed by atoms with Crippen LogP contribution in [0.4, 0.5) is 0 Å². The van der Waals surface area contributed by atoms with E-state index < -0.39 is 0 Å². The first kappa shape index (κ1) is 16.3. The van der Waals surface area contributed by atoms with E-state index >= 15 is 0 Å². The molecule has 0 aliphatic rings. The van der Waals surface area contributed by atoms with Gasteiger partial charge in [0.25, 0.3) is 0 Å². The highest BCUT2D eigenvalue weighted by Gasteiger charge is 2.00. The van der Waals surface area contributed by atoms with Gasteiger partial charge in [-0.05, 0) is 23.4 Å². The van der Waals surface area contributed by atoms with Gasteiger partial charge in [-0.2, -0.15) is 5.10 Å². The number of guanidine groups is 1. The third-order valence-corrected chi connectivity index (χ3v) is 4.50. The number of hydrogen-bond acceptors (Lipinski definition) is 3. The van der Waals surface area contributed by atoms with E-state index in [1.165, 1.54) is 10.4 Å². The highest BCUT2D eigenvalue weighted by Crippen LogP contribution is 2.08. The van der Waals surface area contributed by atoms with Gasteiger partial charge in [-0.3, -0.25) is 4.68 Å². The van der Waals surface area contributed by atoms with Crippen molar-refractivity contribution in [3.8, 4) is 0 Å². The molecule has 3 aromatic rings. The Bertz CT molecular complexity index is 762. The summed E-state index contributed by atoms with van der Waals surface area (Å²) in [6.45, 7) is 2.09. The monoisotopic (exact) mass is 339 g/mol. The maximum atomic E-state index is 5.91. The Balaban J connectivity index is 1.45. The van der Waals surface area contributed by atoms with Crippen molar-refractivity contribution in [3.05, 3.63) is 76.2 Å². The molecule has 0 fully saturated rings. The molecular weight excluding hydrogens is 318 g/mol. The zero-order valence-corrected chi connectivity index (χ0v) is 14.2. The minimum Gasteiger partial charge on any atom is -0.370 e. The molecule has 1 aromatic carbocycles. The van der Waals surface area contributed by atoms with Crippen LogP contribution in [0.2, 0.25) is 0 Å². The summed E-state index contributed by atoms with van der Waals surface area (Å²) in [6.07, 6.45) is 4.81. The van der Waals surface area contributed by atoms with Crippen molar-refractivity contribution in [3.63, 3.8) is 0 Å². The molecule has 124 valence electrons. The van der Waals surface area contributed by atoms with E-state index in [9.17, 15) is 0 Å². The van der Waals surface area contributed by atoms with Gasteiger partial charge in [0.15, 0.2) is 5.96 Å². The Hall–Kier alpha value is -2.60. The van der Waals surface area contributed by atoms with Gasteiger partial charge in [0.05, 0.1) is 19.3 Å². The lowest BCUT2D eigenvalue weighted by atomic mass is 10.2.